The molecule has 2 fully saturated rings. The van der Waals surface area contributed by atoms with Crippen LogP contribution in [0.3, 0.4) is 0 Å². The number of rotatable bonds is 10. The van der Waals surface area contributed by atoms with Crippen molar-refractivity contribution in [1.82, 2.24) is 24.6 Å². The van der Waals surface area contributed by atoms with Gasteiger partial charge in [0.25, 0.3) is 17.7 Å². The molecular weight excluding hydrogens is 665 g/mol. The summed E-state index contributed by atoms with van der Waals surface area (Å²) in [5, 5.41) is 9.60. The third-order valence-corrected chi connectivity index (χ3v) is 8.95. The minimum absolute atomic E-state index is 0.113. The van der Waals surface area contributed by atoms with Crippen LogP contribution >= 0.6 is 0 Å². The zero-order valence-electron chi connectivity index (χ0n) is 28.2. The molecule has 268 valence electrons. The highest BCUT2D eigenvalue weighted by atomic mass is 19.4. The molecule has 51 heavy (non-hydrogen) atoms. The largest absolute Gasteiger partial charge is 0.416 e. The van der Waals surface area contributed by atoms with E-state index in [4.69, 9.17) is 4.74 Å². The van der Waals surface area contributed by atoms with E-state index in [0.717, 1.165) is 67.9 Å². The first-order valence-corrected chi connectivity index (χ1v) is 16.8. The summed E-state index contributed by atoms with van der Waals surface area (Å²) in [5.41, 5.74) is 1.01. The van der Waals surface area contributed by atoms with Crippen molar-refractivity contribution in [1.29, 1.82) is 0 Å². The summed E-state index contributed by atoms with van der Waals surface area (Å²) in [6.07, 6.45) is -0.206. The highest BCUT2D eigenvalue weighted by Crippen LogP contribution is 2.31. The van der Waals surface area contributed by atoms with Gasteiger partial charge in [0.2, 0.25) is 5.95 Å². The number of carbonyl (C=O) groups is 3. The summed E-state index contributed by atoms with van der Waals surface area (Å²) in [4.78, 5) is 50.6. The number of nitrogens with one attached hydrogen (secondary N) is 2. The number of aromatic nitrogens is 3. The fourth-order valence-corrected chi connectivity index (χ4v) is 6.04. The Kier molecular flexibility index (Phi) is 11.0. The van der Waals surface area contributed by atoms with E-state index in [-0.39, 0.29) is 34.4 Å². The SMILES string of the molecule is CN(CCN1CCOCC1)C(=O)c1cccc(C(=O)Nc2ccc(N3CCCCC3)cc2C(=O)Nc2ncn(-c3cccc(C(F)(F)F)c3)n2)c1. The van der Waals surface area contributed by atoms with Crippen molar-refractivity contribution in [2.45, 2.75) is 25.4 Å². The minimum atomic E-state index is -4.54. The maximum atomic E-state index is 13.7. The van der Waals surface area contributed by atoms with Crippen LogP contribution < -0.4 is 15.5 Å². The molecule has 2 N–H and O–H groups in total. The van der Waals surface area contributed by atoms with Gasteiger partial charge in [-0.15, -0.1) is 5.10 Å². The zero-order chi connectivity index (χ0) is 36.0. The lowest BCUT2D eigenvalue weighted by atomic mass is 10.1. The van der Waals surface area contributed by atoms with Crippen LogP contribution in [0.2, 0.25) is 0 Å². The molecular formula is C36H39F3N8O4. The van der Waals surface area contributed by atoms with Crippen LogP contribution in [0.15, 0.2) is 73.1 Å². The van der Waals surface area contributed by atoms with Gasteiger partial charge in [0, 0.05) is 63.1 Å². The lowest BCUT2D eigenvalue weighted by Gasteiger charge is -2.29. The highest BCUT2D eigenvalue weighted by Gasteiger charge is 2.30. The average Bonchev–Trinajstić information content (AvgIpc) is 3.62. The number of morpholine rings is 1. The van der Waals surface area contributed by atoms with Crippen molar-refractivity contribution in [2.75, 3.05) is 75.1 Å². The van der Waals surface area contributed by atoms with E-state index in [1.165, 1.54) is 24.5 Å². The van der Waals surface area contributed by atoms with Crippen LogP contribution in [0.5, 0.6) is 0 Å². The summed E-state index contributed by atoms with van der Waals surface area (Å²) >= 11 is 0. The number of hydrogen-bond donors (Lipinski definition) is 2. The van der Waals surface area contributed by atoms with Crippen LogP contribution in [0.25, 0.3) is 5.69 Å². The third-order valence-electron chi connectivity index (χ3n) is 8.95. The van der Waals surface area contributed by atoms with E-state index >= 15 is 0 Å². The Hall–Kier alpha value is -5.28. The lowest BCUT2D eigenvalue weighted by Crippen LogP contribution is -2.41. The topological polar surface area (TPSA) is 125 Å². The second kappa shape index (κ2) is 15.7. The van der Waals surface area contributed by atoms with Crippen molar-refractivity contribution in [3.05, 3.63) is 95.3 Å². The molecule has 0 saturated carbocycles. The number of benzene rings is 3. The number of anilines is 3. The number of alkyl halides is 3. The van der Waals surface area contributed by atoms with Crippen molar-refractivity contribution in [2.24, 2.45) is 0 Å². The normalized spacial score (nSPS) is 15.3. The van der Waals surface area contributed by atoms with Crippen LogP contribution in [0.4, 0.5) is 30.5 Å². The molecule has 0 bridgehead atoms. The van der Waals surface area contributed by atoms with Gasteiger partial charge in [0.1, 0.15) is 6.33 Å². The van der Waals surface area contributed by atoms with Gasteiger partial charge in [0.15, 0.2) is 0 Å². The van der Waals surface area contributed by atoms with Gasteiger partial charge >= 0.3 is 6.18 Å². The number of carbonyl (C=O) groups excluding carboxylic acids is 3. The van der Waals surface area contributed by atoms with Crippen molar-refractivity contribution >= 4 is 35.0 Å². The zero-order valence-corrected chi connectivity index (χ0v) is 28.2. The Balaban J connectivity index is 1.19. The lowest BCUT2D eigenvalue weighted by molar-refractivity contribution is -0.137. The number of piperidine rings is 1. The fraction of sp³-hybridized carbons (Fsp3) is 0.361. The Morgan fingerprint density at radius 3 is 2.35 bits per heavy atom. The first kappa shape index (κ1) is 35.5. The summed E-state index contributed by atoms with van der Waals surface area (Å²) < 4.78 is 46.3. The van der Waals surface area contributed by atoms with E-state index in [9.17, 15) is 27.6 Å². The second-order valence-electron chi connectivity index (χ2n) is 12.5. The Morgan fingerprint density at radius 2 is 1.59 bits per heavy atom. The molecule has 4 aromatic rings. The number of amides is 3. The summed E-state index contributed by atoms with van der Waals surface area (Å²) in [5.74, 6) is -1.51. The third kappa shape index (κ3) is 8.91. The summed E-state index contributed by atoms with van der Waals surface area (Å²) in [6.45, 7) is 5.84. The highest BCUT2D eigenvalue weighted by molar-refractivity contribution is 6.13. The van der Waals surface area contributed by atoms with Gasteiger partial charge in [0.05, 0.1) is 35.7 Å². The fourth-order valence-electron chi connectivity index (χ4n) is 6.04. The summed E-state index contributed by atoms with van der Waals surface area (Å²) in [6, 6.07) is 16.2. The molecule has 0 atom stereocenters. The molecule has 3 amide bonds. The summed E-state index contributed by atoms with van der Waals surface area (Å²) in [7, 11) is 1.72. The predicted molar refractivity (Wildman–Crippen MR) is 185 cm³/mol. The molecule has 2 aliphatic heterocycles. The van der Waals surface area contributed by atoms with Gasteiger partial charge in [-0.1, -0.05) is 12.1 Å². The van der Waals surface area contributed by atoms with Gasteiger partial charge in [-0.05, 0) is 73.9 Å². The molecule has 2 aliphatic rings. The first-order valence-electron chi connectivity index (χ1n) is 16.8. The number of nitrogens with zero attached hydrogens (tertiary/aromatic N) is 6. The monoisotopic (exact) mass is 704 g/mol. The average molecular weight is 705 g/mol. The molecule has 0 aliphatic carbocycles. The second-order valence-corrected chi connectivity index (χ2v) is 12.5. The quantitative estimate of drug-likeness (QED) is 0.231. The molecule has 3 aromatic carbocycles. The maximum Gasteiger partial charge on any atom is 0.416 e. The van der Waals surface area contributed by atoms with Gasteiger partial charge in [-0.25, -0.2) is 4.68 Å². The molecule has 3 heterocycles. The van der Waals surface area contributed by atoms with Gasteiger partial charge < -0.3 is 19.9 Å². The molecule has 0 unspecified atom stereocenters. The van der Waals surface area contributed by atoms with Crippen molar-refractivity contribution in [3.8, 4) is 5.69 Å². The van der Waals surface area contributed by atoms with Crippen LogP contribution in [0.1, 0.15) is 55.9 Å². The number of hydrogen-bond acceptors (Lipinski definition) is 8. The van der Waals surface area contributed by atoms with Crippen LogP contribution in [-0.2, 0) is 10.9 Å². The van der Waals surface area contributed by atoms with Crippen molar-refractivity contribution < 1.29 is 32.3 Å². The molecule has 12 nitrogen and oxygen atoms in total. The van der Waals surface area contributed by atoms with Gasteiger partial charge in [-0.2, -0.15) is 18.2 Å². The molecule has 15 heteroatoms. The Morgan fingerprint density at radius 1 is 0.843 bits per heavy atom. The Bertz CT molecular complexity index is 1870. The standard InChI is InChI=1S/C36H39F3N8O4/c1-44(15-16-45-17-19-51-20-18-45)34(50)26-8-5-7-25(21-26)32(48)41-31-12-11-28(46-13-3-2-4-14-46)23-30(31)33(49)42-35-40-24-47(43-35)29-10-6-9-27(22-29)36(37,38)39/h5-12,21-24H,2-4,13-20H2,1H3,(H,41,48)(H,42,43,49). The number of halogens is 3. The van der Waals surface area contributed by atoms with Crippen molar-refractivity contribution in [3.63, 3.8) is 0 Å². The van der Waals surface area contributed by atoms with E-state index in [1.807, 2.05) is 6.07 Å². The van der Waals surface area contributed by atoms with Gasteiger partial charge in [-0.3, -0.25) is 24.6 Å². The number of ether oxygens (including phenoxy) is 1. The van der Waals surface area contributed by atoms with Crippen LogP contribution in [-0.4, -0.2) is 102 Å². The molecule has 1 aromatic heterocycles. The minimum Gasteiger partial charge on any atom is -0.379 e. The first-order chi connectivity index (χ1) is 24.5. The Labute approximate surface area is 293 Å². The molecule has 2 saturated heterocycles. The van der Waals surface area contributed by atoms with Crippen LogP contribution in [0, 0.1) is 0 Å². The molecule has 6 rings (SSSR count). The molecule has 0 radical (unpaired) electrons. The predicted octanol–water partition coefficient (Wildman–Crippen LogP) is 5.19. The van der Waals surface area contributed by atoms with E-state index < -0.39 is 23.6 Å². The number of likely N-dealkylation sites (N-methyl/N-ethyl adjacent to an activating group) is 1. The maximum absolute atomic E-state index is 13.7. The van der Waals surface area contributed by atoms with E-state index in [2.05, 4.69) is 30.5 Å². The molecule has 0 spiro atoms. The van der Waals surface area contributed by atoms with E-state index in [1.54, 1.807) is 42.3 Å². The van der Waals surface area contributed by atoms with E-state index in [0.29, 0.717) is 31.9 Å². The smallest absolute Gasteiger partial charge is 0.379 e.